The van der Waals surface area contributed by atoms with Crippen LogP contribution in [-0.2, 0) is 6.42 Å². The van der Waals surface area contributed by atoms with Crippen molar-refractivity contribution in [3.63, 3.8) is 0 Å². The standard InChI is InChI=1S/C14H17N3O3/c1-2-15-6-5-13-16-17-14(20-13)10-3-4-11-12(9-10)19-8-7-18-11/h3-4,9,15H,2,5-8H2,1H3. The summed E-state index contributed by atoms with van der Waals surface area (Å²) in [5.74, 6) is 2.62. The van der Waals surface area contributed by atoms with E-state index in [1.54, 1.807) is 0 Å². The van der Waals surface area contributed by atoms with Gasteiger partial charge in [-0.2, -0.15) is 0 Å². The first-order valence-corrected chi connectivity index (χ1v) is 6.80. The van der Waals surface area contributed by atoms with Gasteiger partial charge < -0.3 is 19.2 Å². The van der Waals surface area contributed by atoms with Crippen molar-refractivity contribution in [1.29, 1.82) is 0 Å². The molecule has 0 spiro atoms. The van der Waals surface area contributed by atoms with E-state index in [9.17, 15) is 0 Å². The van der Waals surface area contributed by atoms with Crippen LogP contribution in [0.4, 0.5) is 0 Å². The molecule has 0 bridgehead atoms. The molecule has 0 radical (unpaired) electrons. The first-order valence-electron chi connectivity index (χ1n) is 6.80. The van der Waals surface area contributed by atoms with Gasteiger partial charge in [0.25, 0.3) is 0 Å². The van der Waals surface area contributed by atoms with Crippen molar-refractivity contribution in [1.82, 2.24) is 15.5 Å². The van der Waals surface area contributed by atoms with Crippen molar-refractivity contribution in [2.24, 2.45) is 0 Å². The largest absolute Gasteiger partial charge is 0.486 e. The maximum atomic E-state index is 5.65. The van der Waals surface area contributed by atoms with Gasteiger partial charge in [-0.1, -0.05) is 6.92 Å². The molecule has 0 saturated heterocycles. The van der Waals surface area contributed by atoms with Crippen LogP contribution in [0.15, 0.2) is 22.6 Å². The molecule has 0 amide bonds. The Morgan fingerprint density at radius 1 is 1.15 bits per heavy atom. The lowest BCUT2D eigenvalue weighted by atomic mass is 10.2. The van der Waals surface area contributed by atoms with Crippen LogP contribution < -0.4 is 14.8 Å². The Morgan fingerprint density at radius 3 is 2.85 bits per heavy atom. The third-order valence-electron chi connectivity index (χ3n) is 3.02. The van der Waals surface area contributed by atoms with Crippen LogP contribution in [0.5, 0.6) is 11.5 Å². The van der Waals surface area contributed by atoms with Gasteiger partial charge in [-0.15, -0.1) is 10.2 Å². The number of fused-ring (bicyclic) bond motifs is 1. The van der Waals surface area contributed by atoms with Crippen molar-refractivity contribution in [3.8, 4) is 23.0 Å². The summed E-state index contributed by atoms with van der Waals surface area (Å²) in [6.45, 7) is 4.98. The second-order valence-corrected chi connectivity index (χ2v) is 4.46. The van der Waals surface area contributed by atoms with E-state index in [2.05, 4.69) is 22.4 Å². The maximum absolute atomic E-state index is 5.65. The summed E-state index contributed by atoms with van der Waals surface area (Å²) in [6, 6.07) is 5.64. The zero-order chi connectivity index (χ0) is 13.8. The molecular weight excluding hydrogens is 258 g/mol. The molecule has 1 aliphatic rings. The lowest BCUT2D eigenvalue weighted by Gasteiger charge is -2.18. The summed E-state index contributed by atoms with van der Waals surface area (Å²) in [6.07, 6.45) is 0.728. The summed E-state index contributed by atoms with van der Waals surface area (Å²) in [5, 5.41) is 11.3. The average molecular weight is 275 g/mol. The van der Waals surface area contributed by atoms with Gasteiger partial charge in [-0.05, 0) is 24.7 Å². The number of aromatic nitrogens is 2. The zero-order valence-electron chi connectivity index (χ0n) is 11.4. The summed E-state index contributed by atoms with van der Waals surface area (Å²) >= 11 is 0. The van der Waals surface area contributed by atoms with E-state index >= 15 is 0 Å². The van der Waals surface area contributed by atoms with E-state index in [4.69, 9.17) is 13.9 Å². The van der Waals surface area contributed by atoms with Gasteiger partial charge in [0.1, 0.15) is 13.2 Å². The van der Waals surface area contributed by atoms with Gasteiger partial charge in [0.2, 0.25) is 11.8 Å². The molecule has 106 valence electrons. The van der Waals surface area contributed by atoms with Crippen LogP contribution in [0.2, 0.25) is 0 Å². The molecule has 20 heavy (non-hydrogen) atoms. The summed E-state index contributed by atoms with van der Waals surface area (Å²) < 4.78 is 16.7. The molecule has 1 aromatic carbocycles. The van der Waals surface area contributed by atoms with Gasteiger partial charge in [0.15, 0.2) is 11.5 Å². The Kier molecular flexibility index (Phi) is 3.83. The van der Waals surface area contributed by atoms with Crippen molar-refractivity contribution < 1.29 is 13.9 Å². The van der Waals surface area contributed by atoms with Gasteiger partial charge >= 0.3 is 0 Å². The van der Waals surface area contributed by atoms with Crippen LogP contribution in [0.1, 0.15) is 12.8 Å². The van der Waals surface area contributed by atoms with Crippen LogP contribution in [0, 0.1) is 0 Å². The fraction of sp³-hybridized carbons (Fsp3) is 0.429. The minimum atomic E-state index is 0.508. The maximum Gasteiger partial charge on any atom is 0.247 e. The van der Waals surface area contributed by atoms with E-state index in [0.717, 1.165) is 36.6 Å². The van der Waals surface area contributed by atoms with Gasteiger partial charge in [0.05, 0.1) is 0 Å². The van der Waals surface area contributed by atoms with Crippen LogP contribution >= 0.6 is 0 Å². The van der Waals surface area contributed by atoms with E-state index in [1.807, 2.05) is 18.2 Å². The highest BCUT2D eigenvalue weighted by atomic mass is 16.6. The third kappa shape index (κ3) is 2.75. The predicted octanol–water partition coefficient (Wildman–Crippen LogP) is 1.66. The quantitative estimate of drug-likeness (QED) is 0.837. The molecule has 1 aromatic heterocycles. The monoisotopic (exact) mass is 275 g/mol. The Morgan fingerprint density at radius 2 is 2.00 bits per heavy atom. The number of nitrogens with one attached hydrogen (secondary N) is 1. The van der Waals surface area contributed by atoms with Crippen molar-refractivity contribution >= 4 is 0 Å². The molecular formula is C14H17N3O3. The lowest BCUT2D eigenvalue weighted by Crippen LogP contribution is -2.16. The molecule has 0 aliphatic carbocycles. The molecule has 0 fully saturated rings. The van der Waals surface area contributed by atoms with Gasteiger partial charge in [0, 0.05) is 18.5 Å². The first kappa shape index (κ1) is 12.9. The minimum absolute atomic E-state index is 0.508. The average Bonchev–Trinajstić information content (AvgIpc) is 2.96. The number of hydrogen-bond donors (Lipinski definition) is 1. The van der Waals surface area contributed by atoms with Crippen LogP contribution in [0.25, 0.3) is 11.5 Å². The number of hydrogen-bond acceptors (Lipinski definition) is 6. The van der Waals surface area contributed by atoms with E-state index < -0.39 is 0 Å². The van der Waals surface area contributed by atoms with E-state index in [0.29, 0.717) is 25.0 Å². The zero-order valence-corrected chi connectivity index (χ0v) is 11.4. The summed E-state index contributed by atoms with van der Waals surface area (Å²) in [4.78, 5) is 0. The number of ether oxygens (including phenoxy) is 2. The van der Waals surface area contributed by atoms with Gasteiger partial charge in [-0.3, -0.25) is 0 Å². The Balaban J connectivity index is 1.75. The second kappa shape index (κ2) is 5.92. The topological polar surface area (TPSA) is 69.4 Å². The molecule has 3 rings (SSSR count). The van der Waals surface area contributed by atoms with Crippen molar-refractivity contribution in [2.75, 3.05) is 26.3 Å². The summed E-state index contributed by atoms with van der Waals surface area (Å²) in [5.41, 5.74) is 0.844. The van der Waals surface area contributed by atoms with E-state index in [1.165, 1.54) is 0 Å². The van der Waals surface area contributed by atoms with Crippen LogP contribution in [-0.4, -0.2) is 36.5 Å². The Labute approximate surface area is 117 Å². The smallest absolute Gasteiger partial charge is 0.247 e. The third-order valence-corrected chi connectivity index (χ3v) is 3.02. The Bertz CT molecular complexity index is 583. The number of rotatable bonds is 5. The normalized spacial score (nSPS) is 13.4. The fourth-order valence-corrected chi connectivity index (χ4v) is 2.02. The SMILES string of the molecule is CCNCCc1nnc(-c2ccc3c(c2)OCCO3)o1. The highest BCUT2D eigenvalue weighted by Crippen LogP contribution is 2.33. The minimum Gasteiger partial charge on any atom is -0.486 e. The Hall–Kier alpha value is -2.08. The van der Waals surface area contributed by atoms with Crippen molar-refractivity contribution in [2.45, 2.75) is 13.3 Å². The highest BCUT2D eigenvalue weighted by Gasteiger charge is 2.15. The fourth-order valence-electron chi connectivity index (χ4n) is 2.02. The predicted molar refractivity (Wildman–Crippen MR) is 73.0 cm³/mol. The lowest BCUT2D eigenvalue weighted by molar-refractivity contribution is 0.171. The van der Waals surface area contributed by atoms with E-state index in [-0.39, 0.29) is 0 Å². The first-order chi connectivity index (χ1) is 9.86. The molecule has 6 heteroatoms. The highest BCUT2D eigenvalue weighted by molar-refractivity contribution is 5.59. The number of likely N-dealkylation sites (N-methyl/N-ethyl adjacent to an activating group) is 1. The van der Waals surface area contributed by atoms with Crippen LogP contribution in [0.3, 0.4) is 0 Å². The number of nitrogens with zero attached hydrogens (tertiary/aromatic N) is 2. The number of benzene rings is 1. The molecule has 2 aromatic rings. The molecule has 2 heterocycles. The summed E-state index contributed by atoms with van der Waals surface area (Å²) in [7, 11) is 0. The molecule has 1 N–H and O–H groups in total. The van der Waals surface area contributed by atoms with Gasteiger partial charge in [-0.25, -0.2) is 0 Å². The second-order valence-electron chi connectivity index (χ2n) is 4.46. The molecule has 6 nitrogen and oxygen atoms in total. The molecule has 0 unspecified atom stereocenters. The molecule has 0 atom stereocenters. The molecule has 1 aliphatic heterocycles. The molecule has 0 saturated carbocycles. The van der Waals surface area contributed by atoms with Crippen molar-refractivity contribution in [3.05, 3.63) is 24.1 Å².